The van der Waals surface area contributed by atoms with E-state index in [-0.39, 0.29) is 11.1 Å². The van der Waals surface area contributed by atoms with Crippen molar-refractivity contribution in [3.63, 3.8) is 0 Å². The molecule has 0 N–H and O–H groups in total. The van der Waals surface area contributed by atoms with E-state index in [0.717, 1.165) is 28.5 Å². The topological polar surface area (TPSA) is 54.5 Å². The molecule has 108 valence electrons. The van der Waals surface area contributed by atoms with Gasteiger partial charge in [-0.15, -0.1) is 0 Å². The second-order valence-electron chi connectivity index (χ2n) is 4.64. The monoisotopic (exact) mass is 309 g/mol. The maximum absolute atomic E-state index is 12.4. The third kappa shape index (κ3) is 2.71. The second-order valence-corrected chi connectivity index (χ2v) is 5.63. The number of nitrogens with zero attached hydrogens (tertiary/aromatic N) is 1. The molecule has 4 nitrogen and oxygen atoms in total. The zero-order valence-corrected chi connectivity index (χ0v) is 12.2. The fourth-order valence-electron chi connectivity index (χ4n) is 2.09. The average Bonchev–Trinajstić information content (AvgIpc) is 2.83. The molecule has 0 bridgehead atoms. The Hall–Kier alpha value is -2.66. The van der Waals surface area contributed by atoms with E-state index < -0.39 is 0 Å². The SMILES string of the molecule is O=Cc1ccc(C=C2SC(=O)N(c3ccccc3)C2=O)cc1. The molecule has 1 aliphatic heterocycles. The largest absolute Gasteiger partial charge is 0.298 e. The molecule has 2 aromatic carbocycles. The summed E-state index contributed by atoms with van der Waals surface area (Å²) < 4.78 is 0. The normalized spacial score (nSPS) is 16.4. The van der Waals surface area contributed by atoms with Crippen LogP contribution < -0.4 is 4.90 Å². The first-order chi connectivity index (χ1) is 10.7. The van der Waals surface area contributed by atoms with E-state index in [1.807, 2.05) is 6.07 Å². The van der Waals surface area contributed by atoms with Crippen LogP contribution >= 0.6 is 11.8 Å². The molecule has 22 heavy (non-hydrogen) atoms. The molecule has 0 radical (unpaired) electrons. The maximum atomic E-state index is 12.4. The molecule has 2 aromatic rings. The van der Waals surface area contributed by atoms with Crippen LogP contribution in [0.2, 0.25) is 0 Å². The molecule has 1 heterocycles. The predicted molar refractivity (Wildman–Crippen MR) is 86.7 cm³/mol. The lowest BCUT2D eigenvalue weighted by Crippen LogP contribution is -2.27. The summed E-state index contributed by atoms with van der Waals surface area (Å²) in [7, 11) is 0. The van der Waals surface area contributed by atoms with E-state index in [1.54, 1.807) is 54.6 Å². The highest BCUT2D eigenvalue weighted by molar-refractivity contribution is 8.19. The summed E-state index contributed by atoms with van der Waals surface area (Å²) in [6.45, 7) is 0. The van der Waals surface area contributed by atoms with Gasteiger partial charge >= 0.3 is 0 Å². The molecule has 0 aliphatic carbocycles. The number of anilines is 1. The Balaban J connectivity index is 1.90. The van der Waals surface area contributed by atoms with Crippen LogP contribution in [-0.2, 0) is 4.79 Å². The molecule has 3 rings (SSSR count). The Bertz CT molecular complexity index is 766. The third-order valence-electron chi connectivity index (χ3n) is 3.18. The van der Waals surface area contributed by atoms with E-state index in [9.17, 15) is 14.4 Å². The zero-order valence-electron chi connectivity index (χ0n) is 11.4. The van der Waals surface area contributed by atoms with Crippen LogP contribution in [0.25, 0.3) is 6.08 Å². The molecular formula is C17H11NO3S. The molecule has 5 heteroatoms. The van der Waals surface area contributed by atoms with Crippen molar-refractivity contribution in [1.82, 2.24) is 0 Å². The Morgan fingerprint density at radius 3 is 2.14 bits per heavy atom. The van der Waals surface area contributed by atoms with Crippen LogP contribution in [0.1, 0.15) is 15.9 Å². The number of imide groups is 1. The molecule has 2 amide bonds. The molecule has 0 unspecified atom stereocenters. The van der Waals surface area contributed by atoms with Crippen molar-refractivity contribution < 1.29 is 14.4 Å². The Labute approximate surface area is 131 Å². The lowest BCUT2D eigenvalue weighted by atomic mass is 10.1. The van der Waals surface area contributed by atoms with Gasteiger partial charge in [0, 0.05) is 5.56 Å². The lowest BCUT2D eigenvalue weighted by Gasteiger charge is -2.11. The molecule has 0 spiro atoms. The second kappa shape index (κ2) is 5.99. The van der Waals surface area contributed by atoms with Crippen molar-refractivity contribution in [1.29, 1.82) is 0 Å². The fourth-order valence-corrected chi connectivity index (χ4v) is 2.93. The van der Waals surface area contributed by atoms with Crippen molar-refractivity contribution in [3.8, 4) is 0 Å². The standard InChI is InChI=1S/C17H11NO3S/c19-11-13-8-6-12(7-9-13)10-15-16(20)18(17(21)22-15)14-4-2-1-3-5-14/h1-11H. The summed E-state index contributed by atoms with van der Waals surface area (Å²) in [5.41, 5.74) is 1.89. The smallest absolute Gasteiger partial charge is 0.298 e. The summed E-state index contributed by atoms with van der Waals surface area (Å²) in [6, 6.07) is 15.6. The summed E-state index contributed by atoms with van der Waals surface area (Å²) in [5, 5.41) is -0.313. The number of amides is 2. The van der Waals surface area contributed by atoms with E-state index >= 15 is 0 Å². The van der Waals surface area contributed by atoms with Crippen molar-refractivity contribution in [2.45, 2.75) is 0 Å². The van der Waals surface area contributed by atoms with Crippen LogP contribution in [-0.4, -0.2) is 17.4 Å². The highest BCUT2D eigenvalue weighted by Crippen LogP contribution is 2.35. The number of carbonyl (C=O) groups is 3. The van der Waals surface area contributed by atoms with E-state index in [4.69, 9.17) is 0 Å². The van der Waals surface area contributed by atoms with Gasteiger partial charge in [-0.3, -0.25) is 14.4 Å². The van der Waals surface area contributed by atoms with Gasteiger partial charge in [0.25, 0.3) is 11.1 Å². The quantitative estimate of drug-likeness (QED) is 0.640. The summed E-state index contributed by atoms with van der Waals surface area (Å²) in [4.78, 5) is 36.6. The Kier molecular flexibility index (Phi) is 3.89. The number of aldehydes is 1. The molecule has 1 aliphatic rings. The van der Waals surface area contributed by atoms with Crippen molar-refractivity contribution in [3.05, 3.63) is 70.6 Å². The van der Waals surface area contributed by atoms with Crippen molar-refractivity contribution in [2.24, 2.45) is 0 Å². The first-order valence-electron chi connectivity index (χ1n) is 6.57. The van der Waals surface area contributed by atoms with Crippen LogP contribution in [0.3, 0.4) is 0 Å². The van der Waals surface area contributed by atoms with Crippen LogP contribution in [0, 0.1) is 0 Å². The van der Waals surface area contributed by atoms with E-state index in [2.05, 4.69) is 0 Å². The van der Waals surface area contributed by atoms with Gasteiger partial charge in [0.1, 0.15) is 6.29 Å². The molecule has 1 saturated heterocycles. The minimum Gasteiger partial charge on any atom is -0.298 e. The van der Waals surface area contributed by atoms with Gasteiger partial charge in [0.05, 0.1) is 10.6 Å². The van der Waals surface area contributed by atoms with Gasteiger partial charge in [-0.25, -0.2) is 4.90 Å². The molecule has 0 aromatic heterocycles. The Morgan fingerprint density at radius 2 is 1.50 bits per heavy atom. The fraction of sp³-hybridized carbons (Fsp3) is 0. The van der Waals surface area contributed by atoms with Crippen molar-refractivity contribution >= 4 is 41.0 Å². The molecule has 0 atom stereocenters. The minimum absolute atomic E-state index is 0.313. The number of hydrogen-bond acceptors (Lipinski definition) is 4. The first-order valence-corrected chi connectivity index (χ1v) is 7.39. The highest BCUT2D eigenvalue weighted by atomic mass is 32.2. The highest BCUT2D eigenvalue weighted by Gasteiger charge is 2.36. The van der Waals surface area contributed by atoms with Gasteiger partial charge in [-0.2, -0.15) is 0 Å². The number of carbonyl (C=O) groups excluding carboxylic acids is 3. The third-order valence-corrected chi connectivity index (χ3v) is 4.05. The van der Waals surface area contributed by atoms with Crippen molar-refractivity contribution in [2.75, 3.05) is 4.90 Å². The maximum Gasteiger partial charge on any atom is 0.298 e. The summed E-state index contributed by atoms with van der Waals surface area (Å²) in [5.74, 6) is -0.333. The van der Waals surface area contributed by atoms with Crippen LogP contribution in [0.4, 0.5) is 10.5 Å². The number of thioether (sulfide) groups is 1. The van der Waals surface area contributed by atoms with Gasteiger partial charge in [0.15, 0.2) is 0 Å². The van der Waals surface area contributed by atoms with Gasteiger partial charge in [-0.05, 0) is 35.5 Å². The van der Waals surface area contributed by atoms with E-state index in [1.165, 1.54) is 0 Å². The number of para-hydroxylation sites is 1. The van der Waals surface area contributed by atoms with Gasteiger partial charge < -0.3 is 0 Å². The predicted octanol–water partition coefficient (Wildman–Crippen LogP) is 3.74. The van der Waals surface area contributed by atoms with Gasteiger partial charge in [0.2, 0.25) is 0 Å². The number of benzene rings is 2. The lowest BCUT2D eigenvalue weighted by molar-refractivity contribution is -0.113. The average molecular weight is 309 g/mol. The number of hydrogen-bond donors (Lipinski definition) is 0. The minimum atomic E-state index is -0.333. The molecular weight excluding hydrogens is 298 g/mol. The molecule has 0 saturated carbocycles. The molecule has 1 fully saturated rings. The van der Waals surface area contributed by atoms with Crippen LogP contribution in [0.15, 0.2) is 59.5 Å². The number of rotatable bonds is 3. The van der Waals surface area contributed by atoms with Crippen LogP contribution in [0.5, 0.6) is 0 Å². The first kappa shape index (κ1) is 14.3. The summed E-state index contributed by atoms with van der Waals surface area (Å²) in [6.07, 6.45) is 2.41. The summed E-state index contributed by atoms with van der Waals surface area (Å²) >= 11 is 0.910. The Morgan fingerprint density at radius 1 is 0.864 bits per heavy atom. The van der Waals surface area contributed by atoms with E-state index in [0.29, 0.717) is 16.2 Å². The zero-order chi connectivity index (χ0) is 15.5. The van der Waals surface area contributed by atoms with Gasteiger partial charge in [-0.1, -0.05) is 42.5 Å².